The van der Waals surface area contributed by atoms with Gasteiger partial charge in [0.15, 0.2) is 23.5 Å². The highest BCUT2D eigenvalue weighted by atomic mass is 16.6. The molecule has 124 valence electrons. The van der Waals surface area contributed by atoms with E-state index in [4.69, 9.17) is 14.2 Å². The maximum Gasteiger partial charge on any atom is 0.347 e. The molecule has 24 heavy (non-hydrogen) atoms. The molecule has 0 saturated carbocycles. The third kappa shape index (κ3) is 2.19. The first-order chi connectivity index (χ1) is 11.4. The van der Waals surface area contributed by atoms with Crippen LogP contribution in [-0.4, -0.2) is 24.5 Å². The second kappa shape index (κ2) is 5.56. The van der Waals surface area contributed by atoms with Crippen LogP contribution < -0.4 is 14.2 Å². The number of methoxy groups -OCH3 is 1. The molecule has 0 amide bonds. The van der Waals surface area contributed by atoms with Crippen LogP contribution in [0.5, 0.6) is 28.7 Å². The van der Waals surface area contributed by atoms with Gasteiger partial charge in [-0.2, -0.15) is 0 Å². The Hall–Kier alpha value is -3.02. The number of rotatable bonds is 2. The molecule has 0 atom stereocenters. The van der Waals surface area contributed by atoms with Crippen molar-refractivity contribution in [2.45, 2.75) is 20.8 Å². The van der Waals surface area contributed by atoms with Crippen LogP contribution >= 0.6 is 0 Å². The van der Waals surface area contributed by atoms with Crippen LogP contribution in [0.2, 0.25) is 0 Å². The van der Waals surface area contributed by atoms with E-state index in [-0.39, 0.29) is 28.4 Å². The molecule has 1 heterocycles. The SMILES string of the molecule is COc1cc(C)c2c(c1C)OC(=O)c1c(C)cc(O)c(C=O)c1O2. The van der Waals surface area contributed by atoms with Gasteiger partial charge in [0.2, 0.25) is 0 Å². The Balaban J connectivity index is 2.34. The molecule has 1 aliphatic rings. The molecule has 0 aliphatic carbocycles. The number of phenols is 1. The minimum atomic E-state index is -0.653. The van der Waals surface area contributed by atoms with Gasteiger partial charge in [-0.05, 0) is 44.0 Å². The van der Waals surface area contributed by atoms with E-state index < -0.39 is 5.97 Å². The van der Waals surface area contributed by atoms with Gasteiger partial charge in [-0.15, -0.1) is 0 Å². The molecule has 2 aromatic carbocycles. The van der Waals surface area contributed by atoms with Crippen LogP contribution in [0, 0.1) is 20.8 Å². The number of aryl methyl sites for hydroxylation is 2. The number of aldehydes is 1. The Morgan fingerprint density at radius 2 is 1.75 bits per heavy atom. The lowest BCUT2D eigenvalue weighted by Crippen LogP contribution is -2.11. The summed E-state index contributed by atoms with van der Waals surface area (Å²) < 4.78 is 16.7. The molecule has 1 N–H and O–H groups in total. The lowest BCUT2D eigenvalue weighted by Gasteiger charge is -2.15. The van der Waals surface area contributed by atoms with Crippen molar-refractivity contribution in [3.8, 4) is 28.7 Å². The van der Waals surface area contributed by atoms with Crippen molar-refractivity contribution in [3.63, 3.8) is 0 Å². The molecule has 0 fully saturated rings. The summed E-state index contributed by atoms with van der Waals surface area (Å²) in [6.45, 7) is 5.15. The van der Waals surface area contributed by atoms with Crippen molar-refractivity contribution in [3.05, 3.63) is 39.9 Å². The lowest BCUT2D eigenvalue weighted by atomic mass is 10.0. The van der Waals surface area contributed by atoms with Gasteiger partial charge in [-0.1, -0.05) is 0 Å². The molecular weight excluding hydrogens is 312 g/mol. The number of aromatic hydroxyl groups is 1. The monoisotopic (exact) mass is 328 g/mol. The molecule has 0 unspecified atom stereocenters. The number of carbonyl (C=O) groups is 2. The number of carbonyl (C=O) groups excluding carboxylic acids is 2. The second-order valence-corrected chi connectivity index (χ2v) is 5.62. The van der Waals surface area contributed by atoms with E-state index in [0.717, 1.165) is 0 Å². The number of phenolic OH excluding ortho intramolecular Hbond substituents is 1. The van der Waals surface area contributed by atoms with Crippen molar-refractivity contribution in [1.29, 1.82) is 0 Å². The summed E-state index contributed by atoms with van der Waals surface area (Å²) in [4.78, 5) is 24.0. The Morgan fingerprint density at radius 1 is 1.04 bits per heavy atom. The number of hydrogen-bond donors (Lipinski definition) is 1. The Bertz CT molecular complexity index is 882. The third-order valence-electron chi connectivity index (χ3n) is 4.06. The highest BCUT2D eigenvalue weighted by molar-refractivity contribution is 6.01. The van der Waals surface area contributed by atoms with Crippen LogP contribution in [-0.2, 0) is 0 Å². The first kappa shape index (κ1) is 15.9. The zero-order valence-corrected chi connectivity index (χ0v) is 13.7. The maximum atomic E-state index is 12.6. The van der Waals surface area contributed by atoms with Gasteiger partial charge in [0.25, 0.3) is 0 Å². The van der Waals surface area contributed by atoms with Crippen LogP contribution in [0.1, 0.15) is 37.4 Å². The molecule has 0 bridgehead atoms. The zero-order chi connectivity index (χ0) is 17.6. The number of fused-ring (bicyclic) bond motifs is 2. The summed E-state index contributed by atoms with van der Waals surface area (Å²) >= 11 is 0. The largest absolute Gasteiger partial charge is 0.507 e. The molecule has 1 aliphatic heterocycles. The summed E-state index contributed by atoms with van der Waals surface area (Å²) in [7, 11) is 1.52. The molecule has 0 spiro atoms. The van der Waals surface area contributed by atoms with Crippen molar-refractivity contribution in [2.24, 2.45) is 0 Å². The number of ether oxygens (including phenoxy) is 3. The van der Waals surface area contributed by atoms with Crippen molar-refractivity contribution in [2.75, 3.05) is 7.11 Å². The third-order valence-corrected chi connectivity index (χ3v) is 4.06. The molecule has 0 saturated heterocycles. The molecular formula is C18H16O6. The smallest absolute Gasteiger partial charge is 0.347 e. The molecule has 3 rings (SSSR count). The normalized spacial score (nSPS) is 12.4. The van der Waals surface area contributed by atoms with Gasteiger partial charge in [0.1, 0.15) is 17.1 Å². The maximum absolute atomic E-state index is 12.6. The van der Waals surface area contributed by atoms with E-state index in [1.165, 1.54) is 13.2 Å². The first-order valence-electron chi connectivity index (χ1n) is 7.29. The van der Waals surface area contributed by atoms with Crippen molar-refractivity contribution < 1.29 is 28.9 Å². The summed E-state index contributed by atoms with van der Waals surface area (Å²) in [5, 5.41) is 10.00. The average Bonchev–Trinajstić information content (AvgIpc) is 2.68. The van der Waals surface area contributed by atoms with Crippen LogP contribution in [0.25, 0.3) is 0 Å². The van der Waals surface area contributed by atoms with Crippen LogP contribution in [0.3, 0.4) is 0 Å². The Morgan fingerprint density at radius 3 is 2.38 bits per heavy atom. The minimum Gasteiger partial charge on any atom is -0.507 e. The van der Waals surface area contributed by atoms with E-state index in [9.17, 15) is 14.7 Å². The van der Waals surface area contributed by atoms with E-state index in [1.54, 1.807) is 26.8 Å². The summed E-state index contributed by atoms with van der Waals surface area (Å²) in [6, 6.07) is 3.09. The number of esters is 1. The predicted octanol–water partition coefficient (Wildman–Crippen LogP) is 3.46. The zero-order valence-electron chi connectivity index (χ0n) is 13.7. The molecule has 0 radical (unpaired) electrons. The summed E-state index contributed by atoms with van der Waals surface area (Å²) in [6.07, 6.45) is 0.456. The number of hydrogen-bond acceptors (Lipinski definition) is 6. The summed E-state index contributed by atoms with van der Waals surface area (Å²) in [5.41, 5.74) is 1.75. The van der Waals surface area contributed by atoms with Crippen LogP contribution in [0.15, 0.2) is 12.1 Å². The van der Waals surface area contributed by atoms with E-state index in [2.05, 4.69) is 0 Å². The van der Waals surface area contributed by atoms with Gasteiger partial charge in [0.05, 0.1) is 12.7 Å². The van der Waals surface area contributed by atoms with E-state index in [1.807, 2.05) is 0 Å². The average molecular weight is 328 g/mol. The fourth-order valence-corrected chi connectivity index (χ4v) is 2.80. The minimum absolute atomic E-state index is 0.00100. The van der Waals surface area contributed by atoms with Gasteiger partial charge in [-0.25, -0.2) is 4.79 Å². The molecule has 2 aromatic rings. The molecule has 0 aromatic heterocycles. The first-order valence-corrected chi connectivity index (χ1v) is 7.29. The number of benzene rings is 2. The van der Waals surface area contributed by atoms with Crippen molar-refractivity contribution >= 4 is 12.3 Å². The molecule has 6 heteroatoms. The molecule has 6 nitrogen and oxygen atoms in total. The predicted molar refractivity (Wildman–Crippen MR) is 85.7 cm³/mol. The van der Waals surface area contributed by atoms with Crippen molar-refractivity contribution in [1.82, 2.24) is 0 Å². The second-order valence-electron chi connectivity index (χ2n) is 5.62. The fraction of sp³-hybridized carbons (Fsp3) is 0.222. The van der Waals surface area contributed by atoms with Gasteiger partial charge in [0, 0.05) is 5.56 Å². The van der Waals surface area contributed by atoms with E-state index in [0.29, 0.717) is 34.5 Å². The highest BCUT2D eigenvalue weighted by Gasteiger charge is 2.31. The standard InChI is InChI=1S/C18H16O6/c1-8-5-12(20)11(7-19)17-14(8)18(21)24-16-10(3)13(22-4)6-9(2)15(16)23-17/h5-7,20H,1-4H3. The van der Waals surface area contributed by atoms with E-state index >= 15 is 0 Å². The van der Waals surface area contributed by atoms with Gasteiger partial charge in [-0.3, -0.25) is 4.79 Å². The Labute approximate surface area is 138 Å². The Kier molecular flexibility index (Phi) is 3.67. The van der Waals surface area contributed by atoms with Gasteiger partial charge < -0.3 is 19.3 Å². The quantitative estimate of drug-likeness (QED) is 0.516. The summed E-state index contributed by atoms with van der Waals surface area (Å²) in [5.74, 6) is 0.209. The van der Waals surface area contributed by atoms with Crippen LogP contribution in [0.4, 0.5) is 0 Å². The topological polar surface area (TPSA) is 82.1 Å². The highest BCUT2D eigenvalue weighted by Crippen LogP contribution is 2.47. The fourth-order valence-electron chi connectivity index (χ4n) is 2.80. The van der Waals surface area contributed by atoms with Gasteiger partial charge >= 0.3 is 5.97 Å². The lowest BCUT2D eigenvalue weighted by molar-refractivity contribution is 0.0735.